The molecule has 0 saturated heterocycles. The fourth-order valence-corrected chi connectivity index (χ4v) is 3.11. The summed E-state index contributed by atoms with van der Waals surface area (Å²) < 4.78 is 5.60. The Labute approximate surface area is 175 Å². The average Bonchev–Trinajstić information content (AvgIpc) is 3.36. The zero-order chi connectivity index (χ0) is 22.0. The summed E-state index contributed by atoms with van der Waals surface area (Å²) in [5.41, 5.74) is 1.04. The molecule has 156 valence electrons. The van der Waals surface area contributed by atoms with E-state index in [-0.39, 0.29) is 34.5 Å². The Hall–Kier alpha value is -4.47. The van der Waals surface area contributed by atoms with Crippen molar-refractivity contribution in [1.29, 1.82) is 0 Å². The van der Waals surface area contributed by atoms with Gasteiger partial charge in [0, 0.05) is 12.1 Å². The Balaban J connectivity index is 1.53. The summed E-state index contributed by atoms with van der Waals surface area (Å²) in [6, 6.07) is 16.2. The number of nitrogens with one attached hydrogen (secondary N) is 3. The number of carbonyl (C=O) groups excluding carboxylic acids is 2. The van der Waals surface area contributed by atoms with E-state index in [9.17, 15) is 19.7 Å². The Morgan fingerprint density at radius 1 is 1.10 bits per heavy atom. The van der Waals surface area contributed by atoms with Crippen LogP contribution in [0, 0.1) is 10.1 Å². The molecule has 2 heterocycles. The van der Waals surface area contributed by atoms with Gasteiger partial charge in [0.1, 0.15) is 11.1 Å². The molecule has 2 aromatic carbocycles. The predicted molar refractivity (Wildman–Crippen MR) is 112 cm³/mol. The van der Waals surface area contributed by atoms with Crippen LogP contribution in [0.3, 0.4) is 0 Å². The molecule has 1 atom stereocenters. The number of amides is 2. The van der Waals surface area contributed by atoms with E-state index in [1.54, 1.807) is 0 Å². The molecular formula is C21H17N5O5. The van der Waals surface area contributed by atoms with E-state index in [0.29, 0.717) is 5.52 Å². The number of benzene rings is 2. The van der Waals surface area contributed by atoms with E-state index in [0.717, 1.165) is 5.56 Å². The van der Waals surface area contributed by atoms with Gasteiger partial charge >= 0.3 is 0 Å². The molecule has 0 aliphatic heterocycles. The molecule has 0 saturated carbocycles. The molecule has 10 heteroatoms. The minimum atomic E-state index is -0.721. The van der Waals surface area contributed by atoms with Gasteiger partial charge in [0.15, 0.2) is 17.2 Å². The first kappa shape index (κ1) is 19.8. The number of nitro benzene ring substituents is 1. The Kier molecular flexibility index (Phi) is 5.19. The lowest BCUT2D eigenvalue weighted by Crippen LogP contribution is -2.26. The normalized spacial score (nSPS) is 11.8. The molecule has 3 N–H and O–H groups in total. The van der Waals surface area contributed by atoms with Gasteiger partial charge in [0.2, 0.25) is 0 Å². The molecular weight excluding hydrogens is 402 g/mol. The van der Waals surface area contributed by atoms with E-state index in [1.807, 2.05) is 37.3 Å². The van der Waals surface area contributed by atoms with Crippen LogP contribution >= 0.6 is 0 Å². The van der Waals surface area contributed by atoms with Crippen molar-refractivity contribution in [3.8, 4) is 0 Å². The number of anilines is 1. The number of hydrogen-bond donors (Lipinski definition) is 3. The largest absolute Gasteiger partial charge is 0.445 e. The Bertz CT molecular complexity index is 1280. The third kappa shape index (κ3) is 3.99. The predicted octanol–water partition coefficient (Wildman–Crippen LogP) is 3.81. The molecule has 4 aromatic rings. The number of carbonyl (C=O) groups is 2. The second-order valence-electron chi connectivity index (χ2n) is 6.76. The monoisotopic (exact) mass is 419 g/mol. The quantitative estimate of drug-likeness (QED) is 0.320. The fraction of sp³-hybridized carbons (Fsp3) is 0.0952. The molecule has 0 radical (unpaired) electrons. The minimum Gasteiger partial charge on any atom is -0.445 e. The highest BCUT2D eigenvalue weighted by Crippen LogP contribution is 2.26. The first-order valence-electron chi connectivity index (χ1n) is 9.32. The van der Waals surface area contributed by atoms with Crippen LogP contribution in [0.5, 0.6) is 0 Å². The van der Waals surface area contributed by atoms with E-state index in [2.05, 4.69) is 20.8 Å². The number of nitro groups is 1. The van der Waals surface area contributed by atoms with Gasteiger partial charge in [0.05, 0.1) is 11.0 Å². The number of nitrogens with zero attached hydrogens (tertiary/aromatic N) is 2. The van der Waals surface area contributed by atoms with Crippen LogP contribution in [0.15, 0.2) is 65.1 Å². The summed E-state index contributed by atoms with van der Waals surface area (Å²) in [6.45, 7) is 1.85. The molecule has 2 aromatic heterocycles. The number of aromatic nitrogens is 2. The highest BCUT2D eigenvalue weighted by molar-refractivity contribution is 6.09. The maximum atomic E-state index is 12.6. The molecule has 0 unspecified atom stereocenters. The SMILES string of the molecule is C[C@@H](NC(=O)c1cc2[nH]nc(NC(=O)c3ccccc3[N+](=O)[O-])c2o1)c1ccccc1. The van der Waals surface area contributed by atoms with Crippen LogP contribution < -0.4 is 10.6 Å². The van der Waals surface area contributed by atoms with Gasteiger partial charge in [-0.3, -0.25) is 24.8 Å². The van der Waals surface area contributed by atoms with Crippen molar-refractivity contribution in [2.24, 2.45) is 0 Å². The van der Waals surface area contributed by atoms with Gasteiger partial charge < -0.3 is 15.1 Å². The van der Waals surface area contributed by atoms with Crippen LogP contribution in [-0.4, -0.2) is 26.9 Å². The summed E-state index contributed by atoms with van der Waals surface area (Å²) in [5.74, 6) is -1.10. The highest BCUT2D eigenvalue weighted by atomic mass is 16.6. The van der Waals surface area contributed by atoms with E-state index in [4.69, 9.17) is 4.42 Å². The summed E-state index contributed by atoms with van der Waals surface area (Å²) in [7, 11) is 0. The molecule has 0 fully saturated rings. The van der Waals surface area contributed by atoms with Gasteiger partial charge in [0.25, 0.3) is 17.5 Å². The van der Waals surface area contributed by atoms with E-state index in [1.165, 1.54) is 30.3 Å². The Morgan fingerprint density at radius 3 is 2.55 bits per heavy atom. The molecule has 2 amide bonds. The topological polar surface area (TPSA) is 143 Å². The fourth-order valence-electron chi connectivity index (χ4n) is 3.11. The molecule has 4 rings (SSSR count). The smallest absolute Gasteiger partial charge is 0.287 e. The second kappa shape index (κ2) is 8.11. The summed E-state index contributed by atoms with van der Waals surface area (Å²) >= 11 is 0. The standard InChI is InChI=1S/C21H17N5O5/c1-12(13-7-3-2-4-8-13)22-21(28)17-11-15-18(31-17)19(25-24-15)23-20(27)14-9-5-6-10-16(14)26(29)30/h2-12H,1H3,(H,22,28)(H2,23,24,25,27)/t12-/m1/s1. The van der Waals surface area contributed by atoms with Crippen LogP contribution in [0.2, 0.25) is 0 Å². The number of hydrogen-bond acceptors (Lipinski definition) is 6. The van der Waals surface area contributed by atoms with E-state index < -0.39 is 16.7 Å². The van der Waals surface area contributed by atoms with Crippen LogP contribution in [0.1, 0.15) is 39.4 Å². The molecule has 0 spiro atoms. The number of aromatic amines is 1. The van der Waals surface area contributed by atoms with Gasteiger partial charge in [-0.25, -0.2) is 0 Å². The summed E-state index contributed by atoms with van der Waals surface area (Å²) in [5, 5.41) is 23.1. The van der Waals surface area contributed by atoms with Gasteiger partial charge in [-0.1, -0.05) is 42.5 Å². The zero-order valence-electron chi connectivity index (χ0n) is 16.3. The second-order valence-corrected chi connectivity index (χ2v) is 6.76. The van der Waals surface area contributed by atoms with Crippen molar-refractivity contribution < 1.29 is 18.9 Å². The van der Waals surface area contributed by atoms with Crippen LogP contribution in [0.4, 0.5) is 11.5 Å². The molecule has 0 bridgehead atoms. The van der Waals surface area contributed by atoms with Crippen molar-refractivity contribution in [2.45, 2.75) is 13.0 Å². The maximum Gasteiger partial charge on any atom is 0.287 e. The lowest BCUT2D eigenvalue weighted by Gasteiger charge is -2.12. The van der Waals surface area contributed by atoms with Crippen LogP contribution in [0.25, 0.3) is 11.1 Å². The van der Waals surface area contributed by atoms with E-state index >= 15 is 0 Å². The molecule has 10 nitrogen and oxygen atoms in total. The molecule has 31 heavy (non-hydrogen) atoms. The molecule has 0 aliphatic carbocycles. The number of furan rings is 1. The van der Waals surface area contributed by atoms with Crippen LogP contribution in [-0.2, 0) is 0 Å². The van der Waals surface area contributed by atoms with Crippen molar-refractivity contribution in [3.05, 3.63) is 87.7 Å². The molecule has 0 aliphatic rings. The first-order valence-corrected chi connectivity index (χ1v) is 9.32. The van der Waals surface area contributed by atoms with Gasteiger partial charge in [-0.2, -0.15) is 5.10 Å². The average molecular weight is 419 g/mol. The van der Waals surface area contributed by atoms with Crippen molar-refractivity contribution in [2.75, 3.05) is 5.32 Å². The van der Waals surface area contributed by atoms with Gasteiger partial charge in [-0.15, -0.1) is 0 Å². The number of rotatable bonds is 6. The number of para-hydroxylation sites is 1. The number of H-pyrrole nitrogens is 1. The maximum absolute atomic E-state index is 12.6. The van der Waals surface area contributed by atoms with Crippen molar-refractivity contribution in [3.63, 3.8) is 0 Å². The summed E-state index contributed by atoms with van der Waals surface area (Å²) in [6.07, 6.45) is 0. The zero-order valence-corrected chi connectivity index (χ0v) is 16.3. The lowest BCUT2D eigenvalue weighted by molar-refractivity contribution is -0.385. The third-order valence-electron chi connectivity index (χ3n) is 4.68. The highest BCUT2D eigenvalue weighted by Gasteiger charge is 2.23. The van der Waals surface area contributed by atoms with Crippen molar-refractivity contribution in [1.82, 2.24) is 15.5 Å². The lowest BCUT2D eigenvalue weighted by atomic mass is 10.1. The van der Waals surface area contributed by atoms with Gasteiger partial charge in [-0.05, 0) is 18.6 Å². The summed E-state index contributed by atoms with van der Waals surface area (Å²) in [4.78, 5) is 35.6. The minimum absolute atomic E-state index is 0.0216. The first-order chi connectivity index (χ1) is 14.9. The number of fused-ring (bicyclic) bond motifs is 1. The van der Waals surface area contributed by atoms with Crippen molar-refractivity contribution >= 4 is 34.4 Å². The Morgan fingerprint density at radius 2 is 1.81 bits per heavy atom. The third-order valence-corrected chi connectivity index (χ3v) is 4.68.